The summed E-state index contributed by atoms with van der Waals surface area (Å²) in [4.78, 5) is 0. The van der Waals surface area contributed by atoms with Gasteiger partial charge in [-0.1, -0.05) is 258 Å². The lowest BCUT2D eigenvalue weighted by atomic mass is 10.0. The molecule has 0 bridgehead atoms. The molecule has 0 aliphatic rings. The van der Waals surface area contributed by atoms with Crippen molar-refractivity contribution in [2.24, 2.45) is 0 Å². The van der Waals surface area contributed by atoms with Gasteiger partial charge in [-0.2, -0.15) is 0 Å². The first kappa shape index (κ1) is 50.1. The summed E-state index contributed by atoms with van der Waals surface area (Å²) in [6.45, 7) is 8.71. The molecule has 50 heavy (non-hydrogen) atoms. The van der Waals surface area contributed by atoms with Gasteiger partial charge in [-0.25, -0.2) is 0 Å². The predicted octanol–water partition coefficient (Wildman–Crippen LogP) is 17.8. The summed E-state index contributed by atoms with van der Waals surface area (Å²) in [5, 5.41) is 0. The number of hydrogen-bond donors (Lipinski definition) is 0. The van der Waals surface area contributed by atoms with Crippen LogP contribution in [0.2, 0.25) is 0 Å². The minimum absolute atomic E-state index is 0.0364. The van der Waals surface area contributed by atoms with Gasteiger partial charge in [0.2, 0.25) is 0 Å². The molecule has 302 valence electrons. The third-order valence-corrected chi connectivity index (χ3v) is 12.2. The fourth-order valence-electron chi connectivity index (χ4n) is 7.49. The molecule has 0 saturated carbocycles. The Labute approximate surface area is 317 Å². The van der Waals surface area contributed by atoms with Crippen molar-refractivity contribution in [3.8, 4) is 0 Å². The van der Waals surface area contributed by atoms with Crippen molar-refractivity contribution < 1.29 is 13.6 Å². The maximum absolute atomic E-state index is 12.4. The van der Waals surface area contributed by atoms with E-state index < -0.39 is 8.25 Å². The zero-order chi connectivity index (χ0) is 36.4. The molecule has 2 atom stereocenters. The van der Waals surface area contributed by atoms with Crippen LogP contribution in [0.1, 0.15) is 285 Å². The Kier molecular flexibility index (Phi) is 43.7. The van der Waals surface area contributed by atoms with Crippen LogP contribution < -0.4 is 0 Å². The standard InChI is InChI=1S/C46H95O3P/c1-5-7-9-11-13-15-17-19-21-23-25-27-29-31-33-35-37-39-41-43-45(3)48-50(47)49-46(4)44-42-40-38-36-34-32-30-28-26-24-22-20-18-16-14-12-10-8-6-2/h45-46,50H,5-44H2,1-4H3. The molecule has 0 aromatic carbocycles. The molecule has 0 aliphatic heterocycles. The van der Waals surface area contributed by atoms with Gasteiger partial charge in [-0.3, -0.25) is 4.57 Å². The first-order chi connectivity index (χ1) is 24.6. The summed E-state index contributed by atoms with van der Waals surface area (Å²) >= 11 is 0. The van der Waals surface area contributed by atoms with Gasteiger partial charge in [0.1, 0.15) is 0 Å². The maximum atomic E-state index is 12.4. The van der Waals surface area contributed by atoms with Crippen molar-refractivity contribution in [3.63, 3.8) is 0 Å². The molecule has 0 aliphatic carbocycles. The van der Waals surface area contributed by atoms with Crippen LogP contribution in [0.3, 0.4) is 0 Å². The second kappa shape index (κ2) is 43.6. The molecule has 0 spiro atoms. The second-order valence-corrected chi connectivity index (χ2v) is 17.4. The zero-order valence-corrected chi connectivity index (χ0v) is 36.2. The third-order valence-electron chi connectivity index (χ3n) is 11.0. The highest BCUT2D eigenvalue weighted by molar-refractivity contribution is 7.33. The van der Waals surface area contributed by atoms with Gasteiger partial charge in [0.25, 0.3) is 0 Å². The first-order valence-electron chi connectivity index (χ1n) is 23.5. The van der Waals surface area contributed by atoms with Gasteiger partial charge in [0.15, 0.2) is 0 Å². The fourth-order valence-corrected chi connectivity index (χ4v) is 8.44. The Morgan fingerprint density at radius 3 is 0.640 bits per heavy atom. The Morgan fingerprint density at radius 2 is 0.460 bits per heavy atom. The van der Waals surface area contributed by atoms with Crippen LogP contribution in [0.25, 0.3) is 0 Å². The Hall–Kier alpha value is 0.150. The molecule has 4 heteroatoms. The summed E-state index contributed by atoms with van der Waals surface area (Å²) in [6.07, 6.45) is 55.4. The van der Waals surface area contributed by atoms with E-state index in [-0.39, 0.29) is 12.2 Å². The molecule has 3 nitrogen and oxygen atoms in total. The van der Waals surface area contributed by atoms with Gasteiger partial charge in [0.05, 0.1) is 12.2 Å². The molecule has 0 fully saturated rings. The molecular formula is C46H95O3P. The van der Waals surface area contributed by atoms with Crippen LogP contribution in [0.4, 0.5) is 0 Å². The van der Waals surface area contributed by atoms with E-state index in [4.69, 9.17) is 9.05 Å². The molecule has 0 heterocycles. The lowest BCUT2D eigenvalue weighted by molar-refractivity contribution is 0.133. The first-order valence-corrected chi connectivity index (χ1v) is 24.7. The molecule has 2 unspecified atom stereocenters. The molecule has 0 saturated heterocycles. The Bertz CT molecular complexity index is 589. The lowest BCUT2D eigenvalue weighted by Gasteiger charge is -2.16. The minimum Gasteiger partial charge on any atom is -0.308 e. The van der Waals surface area contributed by atoms with E-state index in [1.807, 2.05) is 0 Å². The van der Waals surface area contributed by atoms with Crippen LogP contribution in [0.5, 0.6) is 0 Å². The van der Waals surface area contributed by atoms with Crippen LogP contribution >= 0.6 is 8.25 Å². The van der Waals surface area contributed by atoms with Crippen molar-refractivity contribution in [1.82, 2.24) is 0 Å². The van der Waals surface area contributed by atoms with Crippen molar-refractivity contribution in [3.05, 3.63) is 0 Å². The summed E-state index contributed by atoms with van der Waals surface area (Å²) in [7, 11) is -2.39. The van der Waals surface area contributed by atoms with E-state index >= 15 is 0 Å². The second-order valence-electron chi connectivity index (χ2n) is 16.4. The number of hydrogen-bond acceptors (Lipinski definition) is 3. The van der Waals surface area contributed by atoms with Gasteiger partial charge in [-0.05, 0) is 26.7 Å². The number of unbranched alkanes of at least 4 members (excludes halogenated alkanes) is 36. The average Bonchev–Trinajstić information content (AvgIpc) is 3.10. The average molecular weight is 727 g/mol. The molecular weight excluding hydrogens is 631 g/mol. The predicted molar refractivity (Wildman–Crippen MR) is 226 cm³/mol. The smallest absolute Gasteiger partial charge is 0.308 e. The van der Waals surface area contributed by atoms with E-state index in [2.05, 4.69) is 27.7 Å². The summed E-state index contributed by atoms with van der Waals surface area (Å²) < 4.78 is 23.9. The lowest BCUT2D eigenvalue weighted by Crippen LogP contribution is -2.07. The van der Waals surface area contributed by atoms with Crippen molar-refractivity contribution in [1.29, 1.82) is 0 Å². The van der Waals surface area contributed by atoms with Crippen molar-refractivity contribution in [2.45, 2.75) is 297 Å². The third kappa shape index (κ3) is 42.6. The van der Waals surface area contributed by atoms with Crippen LogP contribution in [-0.2, 0) is 13.6 Å². The SMILES string of the molecule is CCCCCCCCCCCCCCCCCCCCCC(C)O[PH](=O)OC(C)CCCCCCCCCCCCCCCCCCCCC. The topological polar surface area (TPSA) is 35.5 Å². The highest BCUT2D eigenvalue weighted by atomic mass is 31.1. The fraction of sp³-hybridized carbons (Fsp3) is 1.00. The summed E-state index contributed by atoms with van der Waals surface area (Å²) in [5.41, 5.74) is 0. The van der Waals surface area contributed by atoms with Gasteiger partial charge in [0, 0.05) is 0 Å². The van der Waals surface area contributed by atoms with Gasteiger partial charge >= 0.3 is 8.25 Å². The zero-order valence-electron chi connectivity index (χ0n) is 35.2. The van der Waals surface area contributed by atoms with Crippen LogP contribution in [0, 0.1) is 0 Å². The molecule has 0 aromatic heterocycles. The van der Waals surface area contributed by atoms with E-state index in [1.54, 1.807) is 0 Å². The highest BCUT2D eigenvalue weighted by Crippen LogP contribution is 2.31. The minimum atomic E-state index is -2.39. The Morgan fingerprint density at radius 1 is 0.300 bits per heavy atom. The molecule has 0 aromatic rings. The van der Waals surface area contributed by atoms with Gasteiger partial charge < -0.3 is 9.05 Å². The summed E-state index contributed by atoms with van der Waals surface area (Å²) in [5.74, 6) is 0. The molecule has 0 radical (unpaired) electrons. The molecule has 0 rings (SSSR count). The van der Waals surface area contributed by atoms with Crippen LogP contribution in [0.15, 0.2) is 0 Å². The number of rotatable bonds is 44. The van der Waals surface area contributed by atoms with Crippen molar-refractivity contribution in [2.75, 3.05) is 0 Å². The van der Waals surface area contributed by atoms with Gasteiger partial charge in [-0.15, -0.1) is 0 Å². The van der Waals surface area contributed by atoms with E-state index in [1.165, 1.54) is 244 Å². The van der Waals surface area contributed by atoms with E-state index in [0.717, 1.165) is 12.8 Å². The summed E-state index contributed by atoms with van der Waals surface area (Å²) in [6, 6.07) is 0. The maximum Gasteiger partial charge on any atom is 0.319 e. The Balaban J connectivity index is 3.35. The molecule has 0 amide bonds. The normalized spacial score (nSPS) is 13.6. The van der Waals surface area contributed by atoms with Crippen LogP contribution in [-0.4, -0.2) is 12.2 Å². The van der Waals surface area contributed by atoms with E-state index in [9.17, 15) is 4.57 Å². The van der Waals surface area contributed by atoms with E-state index in [0.29, 0.717) is 0 Å². The quantitative estimate of drug-likeness (QED) is 0.0463. The monoisotopic (exact) mass is 727 g/mol. The largest absolute Gasteiger partial charge is 0.319 e. The van der Waals surface area contributed by atoms with Crippen molar-refractivity contribution >= 4 is 8.25 Å². The molecule has 0 N–H and O–H groups in total. The highest BCUT2D eigenvalue weighted by Gasteiger charge is 2.12.